The van der Waals surface area contributed by atoms with Crippen molar-refractivity contribution in [3.05, 3.63) is 52.0 Å². The first-order valence-corrected chi connectivity index (χ1v) is 9.01. The lowest BCUT2D eigenvalue weighted by Gasteiger charge is -2.09. The van der Waals surface area contributed by atoms with Crippen molar-refractivity contribution in [2.24, 2.45) is 0 Å². The SMILES string of the molecule is CCCc1nc(C)c(CNC(=O)Nc2ccnn2Cc2ccco2)s1. The van der Waals surface area contributed by atoms with E-state index in [1.54, 1.807) is 34.5 Å². The molecule has 8 heteroatoms. The van der Waals surface area contributed by atoms with Gasteiger partial charge in [-0.3, -0.25) is 5.32 Å². The average Bonchev–Trinajstić information content (AvgIpc) is 3.30. The van der Waals surface area contributed by atoms with Crippen molar-refractivity contribution >= 4 is 23.2 Å². The van der Waals surface area contributed by atoms with Crippen molar-refractivity contribution in [2.75, 3.05) is 5.32 Å². The van der Waals surface area contributed by atoms with Crippen LogP contribution in [0.25, 0.3) is 0 Å². The monoisotopic (exact) mass is 359 g/mol. The molecule has 0 atom stereocenters. The van der Waals surface area contributed by atoms with Gasteiger partial charge >= 0.3 is 6.03 Å². The molecule has 0 aromatic carbocycles. The maximum atomic E-state index is 12.2. The summed E-state index contributed by atoms with van der Waals surface area (Å²) in [6.45, 7) is 5.03. The van der Waals surface area contributed by atoms with Gasteiger partial charge in [0.15, 0.2) is 0 Å². The standard InChI is InChI=1S/C17H21N5O2S/c1-3-5-16-20-12(2)14(25-16)10-18-17(23)21-15-7-8-19-22(15)11-13-6-4-9-24-13/h4,6-9H,3,5,10-11H2,1-2H3,(H2,18,21,23). The highest BCUT2D eigenvalue weighted by molar-refractivity contribution is 7.11. The molecular formula is C17H21N5O2S. The number of rotatable bonds is 7. The first kappa shape index (κ1) is 17.2. The number of carbonyl (C=O) groups excluding carboxylic acids is 1. The van der Waals surface area contributed by atoms with E-state index < -0.39 is 0 Å². The Morgan fingerprint density at radius 1 is 1.40 bits per heavy atom. The molecule has 0 saturated heterocycles. The van der Waals surface area contributed by atoms with Crippen molar-refractivity contribution in [3.8, 4) is 0 Å². The van der Waals surface area contributed by atoms with Gasteiger partial charge in [-0.2, -0.15) is 5.10 Å². The highest BCUT2D eigenvalue weighted by Crippen LogP contribution is 2.19. The van der Waals surface area contributed by atoms with Gasteiger partial charge in [-0.25, -0.2) is 14.5 Å². The smallest absolute Gasteiger partial charge is 0.320 e. The van der Waals surface area contributed by atoms with Crippen LogP contribution in [0.1, 0.15) is 34.7 Å². The number of furan rings is 1. The predicted octanol–water partition coefficient (Wildman–Crippen LogP) is 3.56. The summed E-state index contributed by atoms with van der Waals surface area (Å²) in [6, 6.07) is 5.17. The van der Waals surface area contributed by atoms with Crippen molar-refractivity contribution in [1.29, 1.82) is 0 Å². The third-order valence-electron chi connectivity index (χ3n) is 3.65. The summed E-state index contributed by atoms with van der Waals surface area (Å²) in [7, 11) is 0. The lowest BCUT2D eigenvalue weighted by atomic mass is 10.3. The normalized spacial score (nSPS) is 10.8. The Morgan fingerprint density at radius 2 is 2.28 bits per heavy atom. The first-order valence-electron chi connectivity index (χ1n) is 8.20. The van der Waals surface area contributed by atoms with Crippen LogP contribution in [-0.4, -0.2) is 20.8 Å². The minimum atomic E-state index is -0.272. The molecule has 2 N–H and O–H groups in total. The van der Waals surface area contributed by atoms with Gasteiger partial charge in [-0.1, -0.05) is 6.92 Å². The minimum Gasteiger partial charge on any atom is -0.467 e. The molecule has 2 amide bonds. The molecule has 0 unspecified atom stereocenters. The summed E-state index contributed by atoms with van der Waals surface area (Å²) < 4.78 is 6.99. The fourth-order valence-electron chi connectivity index (χ4n) is 2.41. The second-order valence-corrected chi connectivity index (χ2v) is 6.80. The Balaban J connectivity index is 1.55. The molecule has 0 fully saturated rings. The number of hydrogen-bond donors (Lipinski definition) is 2. The Morgan fingerprint density at radius 3 is 3.04 bits per heavy atom. The van der Waals surface area contributed by atoms with Crippen LogP contribution in [0.3, 0.4) is 0 Å². The highest BCUT2D eigenvalue weighted by atomic mass is 32.1. The molecule has 0 saturated carbocycles. The van der Waals surface area contributed by atoms with Gasteiger partial charge in [0.2, 0.25) is 0 Å². The fraction of sp³-hybridized carbons (Fsp3) is 0.353. The molecule has 3 heterocycles. The minimum absolute atomic E-state index is 0.272. The van der Waals surface area contributed by atoms with E-state index >= 15 is 0 Å². The zero-order chi connectivity index (χ0) is 17.6. The third-order valence-corrected chi connectivity index (χ3v) is 4.87. The molecule has 3 aromatic heterocycles. The topological polar surface area (TPSA) is 85.0 Å². The van der Waals surface area contributed by atoms with Gasteiger partial charge < -0.3 is 9.73 Å². The van der Waals surface area contributed by atoms with E-state index in [0.717, 1.165) is 34.2 Å². The van der Waals surface area contributed by atoms with E-state index in [1.165, 1.54) is 0 Å². The summed E-state index contributed by atoms with van der Waals surface area (Å²) in [5.74, 6) is 1.39. The first-order chi connectivity index (χ1) is 12.2. The van der Waals surface area contributed by atoms with Crippen LogP contribution in [0.15, 0.2) is 35.1 Å². The van der Waals surface area contributed by atoms with Crippen LogP contribution in [0, 0.1) is 6.92 Å². The van der Waals surface area contributed by atoms with Crippen LogP contribution in [0.4, 0.5) is 10.6 Å². The van der Waals surface area contributed by atoms with E-state index in [2.05, 4.69) is 27.6 Å². The van der Waals surface area contributed by atoms with E-state index in [1.807, 2.05) is 19.1 Å². The van der Waals surface area contributed by atoms with Crippen molar-refractivity contribution < 1.29 is 9.21 Å². The summed E-state index contributed by atoms with van der Waals surface area (Å²) in [5, 5.41) is 11.0. The van der Waals surface area contributed by atoms with Gasteiger partial charge in [0, 0.05) is 10.9 Å². The maximum absolute atomic E-state index is 12.2. The van der Waals surface area contributed by atoms with Gasteiger partial charge in [-0.05, 0) is 31.9 Å². The second kappa shape index (κ2) is 7.98. The van der Waals surface area contributed by atoms with E-state index in [0.29, 0.717) is 18.9 Å². The summed E-state index contributed by atoms with van der Waals surface area (Å²) in [6.07, 6.45) is 5.30. The number of thiazole rings is 1. The predicted molar refractivity (Wildman–Crippen MR) is 96.7 cm³/mol. The van der Waals surface area contributed by atoms with Crippen molar-refractivity contribution in [1.82, 2.24) is 20.1 Å². The van der Waals surface area contributed by atoms with E-state index in [4.69, 9.17) is 4.42 Å². The number of amides is 2. The van der Waals surface area contributed by atoms with Crippen LogP contribution in [0.2, 0.25) is 0 Å². The maximum Gasteiger partial charge on any atom is 0.320 e. The number of aromatic nitrogens is 3. The van der Waals surface area contributed by atoms with Crippen LogP contribution < -0.4 is 10.6 Å². The number of anilines is 1. The quantitative estimate of drug-likeness (QED) is 0.675. The number of hydrogen-bond acceptors (Lipinski definition) is 5. The molecule has 25 heavy (non-hydrogen) atoms. The molecule has 3 rings (SSSR count). The van der Waals surface area contributed by atoms with Crippen molar-refractivity contribution in [2.45, 2.75) is 39.8 Å². The number of aryl methyl sites for hydroxylation is 2. The summed E-state index contributed by atoms with van der Waals surface area (Å²) >= 11 is 1.66. The van der Waals surface area contributed by atoms with Crippen molar-refractivity contribution in [3.63, 3.8) is 0 Å². The Bertz CT molecular complexity index is 822. The summed E-state index contributed by atoms with van der Waals surface area (Å²) in [4.78, 5) is 17.8. The molecular weight excluding hydrogens is 338 g/mol. The zero-order valence-electron chi connectivity index (χ0n) is 14.3. The Hall–Kier alpha value is -2.61. The van der Waals surface area contributed by atoms with Crippen LogP contribution in [0.5, 0.6) is 0 Å². The Labute approximate surface area is 150 Å². The molecule has 0 aliphatic carbocycles. The molecule has 0 bridgehead atoms. The lowest BCUT2D eigenvalue weighted by Crippen LogP contribution is -2.29. The van der Waals surface area contributed by atoms with Gasteiger partial charge in [-0.15, -0.1) is 11.3 Å². The van der Waals surface area contributed by atoms with E-state index in [9.17, 15) is 4.79 Å². The van der Waals surface area contributed by atoms with Gasteiger partial charge in [0.05, 0.1) is 29.7 Å². The number of nitrogens with one attached hydrogen (secondary N) is 2. The zero-order valence-corrected chi connectivity index (χ0v) is 15.1. The number of carbonyl (C=O) groups is 1. The molecule has 0 aliphatic heterocycles. The van der Waals surface area contributed by atoms with Gasteiger partial charge in [0.25, 0.3) is 0 Å². The van der Waals surface area contributed by atoms with Crippen LogP contribution in [-0.2, 0) is 19.5 Å². The fourth-order valence-corrected chi connectivity index (χ4v) is 3.52. The lowest BCUT2D eigenvalue weighted by molar-refractivity contribution is 0.251. The highest BCUT2D eigenvalue weighted by Gasteiger charge is 2.11. The molecule has 0 spiro atoms. The molecule has 0 aliphatic rings. The summed E-state index contributed by atoms with van der Waals surface area (Å²) in [5.41, 5.74) is 0.983. The largest absolute Gasteiger partial charge is 0.467 e. The Kier molecular flexibility index (Phi) is 5.49. The molecule has 3 aromatic rings. The third kappa shape index (κ3) is 4.48. The molecule has 0 radical (unpaired) electrons. The van der Waals surface area contributed by atoms with Crippen LogP contribution >= 0.6 is 11.3 Å². The average molecular weight is 359 g/mol. The molecule has 132 valence electrons. The molecule has 7 nitrogen and oxygen atoms in total. The van der Waals surface area contributed by atoms with E-state index in [-0.39, 0.29) is 6.03 Å². The number of urea groups is 1. The van der Waals surface area contributed by atoms with Gasteiger partial charge in [0.1, 0.15) is 18.1 Å². The number of nitrogens with zero attached hydrogens (tertiary/aromatic N) is 3. The second-order valence-electron chi connectivity index (χ2n) is 5.63.